The van der Waals surface area contributed by atoms with Crippen molar-refractivity contribution in [3.8, 4) is 0 Å². The molecule has 0 unspecified atom stereocenters. The van der Waals surface area contributed by atoms with Crippen LogP contribution in [-0.4, -0.2) is 33.5 Å². The summed E-state index contributed by atoms with van der Waals surface area (Å²) >= 11 is 0. The molecule has 1 aromatic heterocycles. The summed E-state index contributed by atoms with van der Waals surface area (Å²) < 4.78 is 5.14. The molecule has 1 aromatic rings. The second-order valence-corrected chi connectivity index (χ2v) is 8.66. The molecule has 0 saturated heterocycles. The van der Waals surface area contributed by atoms with E-state index in [-0.39, 0.29) is 23.9 Å². The zero-order chi connectivity index (χ0) is 18.3. The molecule has 5 heteroatoms. The molecule has 3 N–H and O–H groups in total. The fourth-order valence-electron chi connectivity index (χ4n) is 5.95. The number of fused-ring (bicyclic) bond motifs is 1. The van der Waals surface area contributed by atoms with E-state index in [1.165, 1.54) is 0 Å². The van der Waals surface area contributed by atoms with E-state index in [0.717, 1.165) is 31.2 Å². The van der Waals surface area contributed by atoms with Gasteiger partial charge in [0.1, 0.15) is 0 Å². The van der Waals surface area contributed by atoms with E-state index in [1.807, 2.05) is 13.0 Å². The lowest BCUT2D eigenvalue weighted by atomic mass is 9.44. The second kappa shape index (κ2) is 6.44. The number of aryl methyl sites for hydroxylation is 1. The van der Waals surface area contributed by atoms with Gasteiger partial charge >= 0.3 is 5.97 Å². The first kappa shape index (κ1) is 18.5. The van der Waals surface area contributed by atoms with Crippen molar-refractivity contribution in [1.82, 2.24) is 0 Å². The predicted molar refractivity (Wildman–Crippen MR) is 93.0 cm³/mol. The monoisotopic (exact) mass is 350 g/mol. The van der Waals surface area contributed by atoms with Gasteiger partial charge in [-0.1, -0.05) is 13.3 Å². The SMILES string of the molecule is C[C@@]12CCC[C@](C)(C(=O)O)[C@H]1CC[C@@](O)(CO)[C@H]2CCc1ccoc1. The van der Waals surface area contributed by atoms with Crippen molar-refractivity contribution in [3.63, 3.8) is 0 Å². The number of aliphatic carboxylic acids is 1. The molecule has 5 atom stereocenters. The summed E-state index contributed by atoms with van der Waals surface area (Å²) in [5.74, 6) is -0.837. The number of carbonyl (C=O) groups is 1. The molecule has 0 bridgehead atoms. The van der Waals surface area contributed by atoms with Gasteiger partial charge in [0.25, 0.3) is 0 Å². The van der Waals surface area contributed by atoms with Crippen LogP contribution < -0.4 is 0 Å². The second-order valence-electron chi connectivity index (χ2n) is 8.66. The predicted octanol–water partition coefficient (Wildman–Crippen LogP) is 3.24. The summed E-state index contributed by atoms with van der Waals surface area (Å²) in [5, 5.41) is 31.0. The molecule has 0 amide bonds. The molecule has 1 heterocycles. The molecule has 140 valence electrons. The summed E-state index contributed by atoms with van der Waals surface area (Å²) in [6, 6.07) is 1.92. The molecular weight excluding hydrogens is 320 g/mol. The van der Waals surface area contributed by atoms with Crippen LogP contribution in [0.5, 0.6) is 0 Å². The summed E-state index contributed by atoms with van der Waals surface area (Å²) in [5.41, 5.74) is -1.10. The van der Waals surface area contributed by atoms with Crippen LogP contribution in [0.2, 0.25) is 0 Å². The molecule has 0 spiro atoms. The van der Waals surface area contributed by atoms with Crippen LogP contribution in [0.25, 0.3) is 0 Å². The lowest BCUT2D eigenvalue weighted by Gasteiger charge is -2.61. The number of aliphatic hydroxyl groups excluding tert-OH is 1. The van der Waals surface area contributed by atoms with E-state index in [2.05, 4.69) is 6.92 Å². The third kappa shape index (κ3) is 2.91. The first-order chi connectivity index (χ1) is 11.8. The van der Waals surface area contributed by atoms with Gasteiger partial charge in [0.05, 0.1) is 30.1 Å². The number of hydrogen-bond acceptors (Lipinski definition) is 4. The van der Waals surface area contributed by atoms with E-state index < -0.39 is 17.0 Å². The average molecular weight is 350 g/mol. The van der Waals surface area contributed by atoms with Crippen molar-refractivity contribution in [2.45, 2.75) is 64.4 Å². The maximum absolute atomic E-state index is 12.0. The highest BCUT2D eigenvalue weighted by Crippen LogP contribution is 2.63. The Labute approximate surface area is 149 Å². The Morgan fingerprint density at radius 1 is 1.32 bits per heavy atom. The van der Waals surface area contributed by atoms with Gasteiger partial charge in [0.2, 0.25) is 0 Å². The van der Waals surface area contributed by atoms with Gasteiger partial charge in [-0.15, -0.1) is 0 Å². The topological polar surface area (TPSA) is 90.9 Å². The molecule has 2 aliphatic rings. The third-order valence-electron chi connectivity index (χ3n) is 7.35. The highest BCUT2D eigenvalue weighted by Gasteiger charge is 2.62. The number of carboxylic acid groups (broad SMARTS) is 1. The first-order valence-corrected chi connectivity index (χ1v) is 9.34. The summed E-state index contributed by atoms with van der Waals surface area (Å²) in [6.07, 6.45) is 8.38. The Morgan fingerprint density at radius 2 is 2.08 bits per heavy atom. The van der Waals surface area contributed by atoms with E-state index in [9.17, 15) is 20.1 Å². The molecule has 5 nitrogen and oxygen atoms in total. The fraction of sp³-hybridized carbons (Fsp3) is 0.750. The van der Waals surface area contributed by atoms with Gasteiger partial charge in [-0.05, 0) is 74.3 Å². The minimum absolute atomic E-state index is 0.0208. The van der Waals surface area contributed by atoms with Crippen LogP contribution in [0.3, 0.4) is 0 Å². The lowest BCUT2D eigenvalue weighted by molar-refractivity contribution is -0.203. The largest absolute Gasteiger partial charge is 0.481 e. The van der Waals surface area contributed by atoms with Gasteiger partial charge in [-0.2, -0.15) is 0 Å². The van der Waals surface area contributed by atoms with E-state index in [0.29, 0.717) is 19.3 Å². The number of carboxylic acids is 1. The highest BCUT2D eigenvalue weighted by atomic mass is 16.4. The van der Waals surface area contributed by atoms with Crippen molar-refractivity contribution >= 4 is 5.97 Å². The van der Waals surface area contributed by atoms with E-state index >= 15 is 0 Å². The molecule has 0 aliphatic heterocycles. The molecule has 2 fully saturated rings. The average Bonchev–Trinajstić information content (AvgIpc) is 3.07. The zero-order valence-electron chi connectivity index (χ0n) is 15.2. The Kier molecular flexibility index (Phi) is 4.75. The van der Waals surface area contributed by atoms with Crippen molar-refractivity contribution in [2.75, 3.05) is 6.61 Å². The summed E-state index contributed by atoms with van der Waals surface area (Å²) in [7, 11) is 0. The number of aliphatic hydroxyl groups is 2. The number of rotatable bonds is 5. The van der Waals surface area contributed by atoms with Crippen LogP contribution >= 0.6 is 0 Å². The molecule has 0 radical (unpaired) electrons. The van der Waals surface area contributed by atoms with Crippen LogP contribution in [-0.2, 0) is 11.2 Å². The van der Waals surface area contributed by atoms with Crippen molar-refractivity contribution in [1.29, 1.82) is 0 Å². The van der Waals surface area contributed by atoms with Gasteiger partial charge in [0, 0.05) is 0 Å². The quantitative estimate of drug-likeness (QED) is 0.758. The van der Waals surface area contributed by atoms with Crippen LogP contribution in [0, 0.1) is 22.7 Å². The van der Waals surface area contributed by atoms with Gasteiger partial charge in [-0.25, -0.2) is 0 Å². The minimum atomic E-state index is -1.13. The highest BCUT2D eigenvalue weighted by molar-refractivity contribution is 5.75. The van der Waals surface area contributed by atoms with Crippen molar-refractivity contribution in [3.05, 3.63) is 24.2 Å². The standard InChI is InChI=1S/C20H30O5/c1-18-8-3-9-19(2,17(22)23)15(18)6-10-20(24,13-21)16(18)5-4-14-7-11-25-12-14/h7,11-12,15-16,21,24H,3-6,8-10,13H2,1-2H3,(H,22,23)/t15-,16-,18+,19-,20+/m0/s1. The van der Waals surface area contributed by atoms with E-state index in [4.69, 9.17) is 4.42 Å². The van der Waals surface area contributed by atoms with Gasteiger partial charge in [-0.3, -0.25) is 4.79 Å². The van der Waals surface area contributed by atoms with Crippen molar-refractivity contribution in [2.24, 2.45) is 22.7 Å². The maximum Gasteiger partial charge on any atom is 0.309 e. The van der Waals surface area contributed by atoms with Crippen LogP contribution in [0.4, 0.5) is 0 Å². The molecule has 3 rings (SSSR count). The Morgan fingerprint density at radius 3 is 2.68 bits per heavy atom. The molecule has 2 aliphatic carbocycles. The molecule has 0 aromatic carbocycles. The zero-order valence-corrected chi connectivity index (χ0v) is 15.2. The smallest absolute Gasteiger partial charge is 0.309 e. The maximum atomic E-state index is 12.0. The fourth-order valence-corrected chi connectivity index (χ4v) is 5.95. The van der Waals surface area contributed by atoms with Crippen LogP contribution in [0.1, 0.15) is 57.9 Å². The number of hydrogen-bond donors (Lipinski definition) is 3. The lowest BCUT2D eigenvalue weighted by Crippen LogP contribution is -2.61. The summed E-state index contributed by atoms with van der Waals surface area (Å²) in [6.45, 7) is 3.74. The van der Waals surface area contributed by atoms with Crippen molar-refractivity contribution < 1.29 is 24.5 Å². The van der Waals surface area contributed by atoms with E-state index in [1.54, 1.807) is 12.5 Å². The molecule has 2 saturated carbocycles. The third-order valence-corrected chi connectivity index (χ3v) is 7.35. The molecular formula is C20H30O5. The Hall–Kier alpha value is -1.33. The normalized spacial score (nSPS) is 41.3. The van der Waals surface area contributed by atoms with Gasteiger partial charge in [0.15, 0.2) is 0 Å². The first-order valence-electron chi connectivity index (χ1n) is 9.34. The Balaban J connectivity index is 1.93. The minimum Gasteiger partial charge on any atom is -0.481 e. The number of furan rings is 1. The Bertz CT molecular complexity index is 612. The molecule has 25 heavy (non-hydrogen) atoms. The summed E-state index contributed by atoms with van der Waals surface area (Å²) in [4.78, 5) is 12.0. The van der Waals surface area contributed by atoms with Gasteiger partial charge < -0.3 is 19.7 Å². The van der Waals surface area contributed by atoms with Crippen LogP contribution in [0.15, 0.2) is 23.0 Å².